The lowest BCUT2D eigenvalue weighted by Crippen LogP contribution is -2.30. The Kier molecular flexibility index (Phi) is 10.7. The second-order valence-electron chi connectivity index (χ2n) is 2.63. The van der Waals surface area contributed by atoms with Crippen molar-refractivity contribution in [2.24, 2.45) is 5.92 Å². The topological polar surface area (TPSA) is 90.3 Å². The molecule has 0 saturated heterocycles. The maximum absolute atomic E-state index is 11.1. The average Bonchev–Trinajstić information content (AvgIpc) is 2.26. The van der Waals surface area contributed by atoms with Crippen LogP contribution in [0.25, 0.3) is 0 Å². The van der Waals surface area contributed by atoms with Gasteiger partial charge in [0.05, 0.1) is 5.92 Å². The molecule has 0 aliphatic carbocycles. The summed E-state index contributed by atoms with van der Waals surface area (Å²) in [5.41, 5.74) is 0. The van der Waals surface area contributed by atoms with Crippen molar-refractivity contribution >= 4 is 18.4 Å². The minimum atomic E-state index is -0.596. The fourth-order valence-electron chi connectivity index (χ4n) is 0.833. The van der Waals surface area contributed by atoms with Crippen molar-refractivity contribution in [2.45, 2.75) is 19.8 Å². The summed E-state index contributed by atoms with van der Waals surface area (Å²) < 4.78 is 0. The first-order valence-electron chi connectivity index (χ1n) is 4.34. The highest BCUT2D eigenvalue weighted by Crippen LogP contribution is 2.02. The van der Waals surface area contributed by atoms with E-state index < -0.39 is 5.92 Å². The van der Waals surface area contributed by atoms with Gasteiger partial charge in [-0.2, -0.15) is 0 Å². The lowest BCUT2D eigenvalue weighted by Gasteiger charge is -2.07. The number of carbonyl (C=O) groups excluding carboxylic acids is 2. The average molecular weight is 202 g/mol. The molecule has 14 heavy (non-hydrogen) atoms. The van der Waals surface area contributed by atoms with Crippen LogP contribution in [0.4, 0.5) is 0 Å². The second-order valence-corrected chi connectivity index (χ2v) is 2.63. The zero-order valence-electron chi connectivity index (χ0n) is 8.67. The number of Topliss-reactive ketones (excluding diaryl/α,β-unsaturated/α-hetero) is 1. The number of hydrogen-bond acceptors (Lipinski definition) is 4. The Balaban J connectivity index is 0. The SMILES string of the molecule is C=N.CNC(=O)C(C)C(=O)CCCO. The molecule has 0 aromatic carbocycles. The molecule has 5 heteroatoms. The van der Waals surface area contributed by atoms with Crippen LogP contribution < -0.4 is 5.32 Å². The molecule has 0 rings (SSSR count). The van der Waals surface area contributed by atoms with E-state index in [9.17, 15) is 9.59 Å². The first-order chi connectivity index (χ1) is 6.63. The fraction of sp³-hybridized carbons (Fsp3) is 0.667. The molecule has 1 amide bonds. The maximum Gasteiger partial charge on any atom is 0.230 e. The summed E-state index contributed by atoms with van der Waals surface area (Å²) in [5.74, 6) is -0.983. The Morgan fingerprint density at radius 3 is 2.36 bits per heavy atom. The van der Waals surface area contributed by atoms with Gasteiger partial charge in [-0.05, 0) is 20.1 Å². The van der Waals surface area contributed by atoms with Gasteiger partial charge in [0.1, 0.15) is 5.78 Å². The van der Waals surface area contributed by atoms with Crippen LogP contribution in [0.1, 0.15) is 19.8 Å². The van der Waals surface area contributed by atoms with E-state index in [4.69, 9.17) is 10.5 Å². The predicted molar refractivity (Wildman–Crippen MR) is 54.4 cm³/mol. The van der Waals surface area contributed by atoms with Gasteiger partial charge in [0.2, 0.25) is 5.91 Å². The Hall–Kier alpha value is -1.23. The smallest absolute Gasteiger partial charge is 0.230 e. The fourth-order valence-corrected chi connectivity index (χ4v) is 0.833. The van der Waals surface area contributed by atoms with Gasteiger partial charge in [-0.15, -0.1) is 0 Å². The third-order valence-corrected chi connectivity index (χ3v) is 1.70. The molecule has 0 aliphatic rings. The largest absolute Gasteiger partial charge is 0.396 e. The molecule has 0 saturated carbocycles. The summed E-state index contributed by atoms with van der Waals surface area (Å²) in [5, 5.41) is 16.3. The normalized spacial score (nSPS) is 10.8. The minimum Gasteiger partial charge on any atom is -0.396 e. The summed E-state index contributed by atoms with van der Waals surface area (Å²) in [6.45, 7) is 4.06. The van der Waals surface area contributed by atoms with E-state index in [0.29, 0.717) is 6.42 Å². The summed E-state index contributed by atoms with van der Waals surface area (Å²) >= 11 is 0. The molecule has 1 atom stereocenters. The van der Waals surface area contributed by atoms with Crippen LogP contribution in [0.5, 0.6) is 0 Å². The number of ketones is 1. The molecule has 0 aromatic rings. The highest BCUT2D eigenvalue weighted by Gasteiger charge is 2.18. The zero-order valence-corrected chi connectivity index (χ0v) is 8.67. The minimum absolute atomic E-state index is 0.00773. The molecule has 1 unspecified atom stereocenters. The molecule has 5 nitrogen and oxygen atoms in total. The standard InChI is InChI=1S/C8H15NO3.CH3N/c1-6(8(12)9-2)7(11)4-3-5-10;1-2/h6,10H,3-5H2,1-2H3,(H,9,12);2H,1H2. The van der Waals surface area contributed by atoms with Crippen molar-refractivity contribution in [3.63, 3.8) is 0 Å². The van der Waals surface area contributed by atoms with E-state index in [2.05, 4.69) is 12.0 Å². The number of hydrogen-bond donors (Lipinski definition) is 3. The van der Waals surface area contributed by atoms with E-state index in [1.54, 1.807) is 6.92 Å². The van der Waals surface area contributed by atoms with Gasteiger partial charge >= 0.3 is 0 Å². The van der Waals surface area contributed by atoms with Crippen molar-refractivity contribution < 1.29 is 14.7 Å². The molecular weight excluding hydrogens is 184 g/mol. The molecule has 82 valence electrons. The van der Waals surface area contributed by atoms with Gasteiger partial charge in [-0.1, -0.05) is 0 Å². The lowest BCUT2D eigenvalue weighted by atomic mass is 10.0. The summed E-state index contributed by atoms with van der Waals surface area (Å²) in [6, 6.07) is 0. The van der Waals surface area contributed by atoms with Crippen LogP contribution in [0.15, 0.2) is 0 Å². The van der Waals surface area contributed by atoms with E-state index in [0.717, 1.165) is 0 Å². The molecular formula is C9H18N2O3. The number of rotatable bonds is 5. The van der Waals surface area contributed by atoms with E-state index in [1.807, 2.05) is 0 Å². The van der Waals surface area contributed by atoms with Crippen LogP contribution in [0.3, 0.4) is 0 Å². The van der Waals surface area contributed by atoms with Crippen molar-refractivity contribution in [2.75, 3.05) is 13.7 Å². The van der Waals surface area contributed by atoms with E-state index >= 15 is 0 Å². The van der Waals surface area contributed by atoms with Crippen LogP contribution in [0, 0.1) is 11.3 Å². The van der Waals surface area contributed by atoms with E-state index in [-0.39, 0.29) is 24.7 Å². The van der Waals surface area contributed by atoms with Gasteiger partial charge in [-0.25, -0.2) is 0 Å². The predicted octanol–water partition coefficient (Wildman–Crippen LogP) is -0.0241. The van der Waals surface area contributed by atoms with Gasteiger partial charge < -0.3 is 15.8 Å². The Morgan fingerprint density at radius 2 is 2.00 bits per heavy atom. The molecule has 0 spiro atoms. The van der Waals surface area contributed by atoms with E-state index in [1.165, 1.54) is 7.05 Å². The molecule has 0 radical (unpaired) electrons. The molecule has 0 aromatic heterocycles. The highest BCUT2D eigenvalue weighted by atomic mass is 16.3. The van der Waals surface area contributed by atoms with Crippen molar-refractivity contribution in [1.82, 2.24) is 5.32 Å². The summed E-state index contributed by atoms with van der Waals surface area (Å²) in [4.78, 5) is 22.1. The van der Waals surface area contributed by atoms with Gasteiger partial charge in [0.25, 0.3) is 0 Å². The zero-order chi connectivity index (χ0) is 11.6. The summed E-state index contributed by atoms with van der Waals surface area (Å²) in [6.07, 6.45) is 0.700. The first-order valence-corrected chi connectivity index (χ1v) is 4.34. The number of aliphatic hydroxyl groups is 1. The number of amides is 1. The quantitative estimate of drug-likeness (QED) is 0.432. The van der Waals surface area contributed by atoms with Crippen molar-refractivity contribution in [3.8, 4) is 0 Å². The highest BCUT2D eigenvalue weighted by molar-refractivity contribution is 6.00. The Bertz CT molecular complexity index is 183. The second kappa shape index (κ2) is 9.85. The van der Waals surface area contributed by atoms with Crippen LogP contribution >= 0.6 is 0 Å². The summed E-state index contributed by atoms with van der Waals surface area (Å²) in [7, 11) is 1.50. The third-order valence-electron chi connectivity index (χ3n) is 1.70. The van der Waals surface area contributed by atoms with Crippen molar-refractivity contribution in [3.05, 3.63) is 0 Å². The molecule has 0 fully saturated rings. The first kappa shape index (κ1) is 15.3. The van der Waals surface area contributed by atoms with Crippen molar-refractivity contribution in [1.29, 1.82) is 5.41 Å². The monoisotopic (exact) mass is 202 g/mol. The van der Waals surface area contributed by atoms with Gasteiger partial charge in [0.15, 0.2) is 0 Å². The van der Waals surface area contributed by atoms with Gasteiger partial charge in [0, 0.05) is 20.1 Å². The van der Waals surface area contributed by atoms with Gasteiger partial charge in [-0.3, -0.25) is 9.59 Å². The van der Waals surface area contributed by atoms with Crippen LogP contribution in [-0.2, 0) is 9.59 Å². The molecule has 0 aliphatic heterocycles. The molecule has 0 bridgehead atoms. The number of carbonyl (C=O) groups is 2. The third kappa shape index (κ3) is 6.30. The number of aliphatic hydroxyl groups excluding tert-OH is 1. The maximum atomic E-state index is 11.1. The molecule has 3 N–H and O–H groups in total. The van der Waals surface area contributed by atoms with Crippen LogP contribution in [-0.4, -0.2) is 37.2 Å². The lowest BCUT2D eigenvalue weighted by molar-refractivity contribution is -0.133. The number of nitrogens with one attached hydrogen (secondary N) is 2. The van der Waals surface area contributed by atoms with Crippen LogP contribution in [0.2, 0.25) is 0 Å². The Labute approximate surface area is 84.0 Å². The Morgan fingerprint density at radius 1 is 1.50 bits per heavy atom. The molecule has 0 heterocycles.